The summed E-state index contributed by atoms with van der Waals surface area (Å²) in [4.78, 5) is 38.8. The predicted molar refractivity (Wildman–Crippen MR) is 159 cm³/mol. The van der Waals surface area contributed by atoms with Crippen molar-refractivity contribution in [3.63, 3.8) is 0 Å². The number of hydrogen-bond acceptors (Lipinski definition) is 6. The molecule has 2 atom stereocenters. The highest BCUT2D eigenvalue weighted by molar-refractivity contribution is 5.90. The van der Waals surface area contributed by atoms with Crippen molar-refractivity contribution in [1.29, 1.82) is 0 Å². The van der Waals surface area contributed by atoms with Crippen LogP contribution in [0.4, 0.5) is 4.79 Å². The molecule has 4 aromatic carbocycles. The minimum atomic E-state index is -1.02. The van der Waals surface area contributed by atoms with Crippen LogP contribution < -0.4 is 15.4 Å². The second-order valence-electron chi connectivity index (χ2n) is 9.66. The van der Waals surface area contributed by atoms with Gasteiger partial charge >= 0.3 is 12.1 Å². The quantitative estimate of drug-likeness (QED) is 0.221. The predicted octanol–water partition coefficient (Wildman–Crippen LogP) is 5.00. The van der Waals surface area contributed by atoms with E-state index in [1.54, 1.807) is 0 Å². The molecule has 0 radical (unpaired) electrons. The van der Waals surface area contributed by atoms with Gasteiger partial charge in [0, 0.05) is 12.8 Å². The van der Waals surface area contributed by atoms with E-state index in [0.29, 0.717) is 12.4 Å². The number of carbonyl (C=O) groups is 3. The number of carbonyl (C=O) groups excluding carboxylic acids is 3. The Morgan fingerprint density at radius 2 is 1.10 bits per heavy atom. The highest BCUT2D eigenvalue weighted by atomic mass is 16.5. The van der Waals surface area contributed by atoms with Crippen LogP contribution in [-0.2, 0) is 45.1 Å². The number of alkyl carbamates (subject to hydrolysis) is 1. The van der Waals surface area contributed by atoms with E-state index >= 15 is 0 Å². The second-order valence-corrected chi connectivity index (χ2v) is 9.66. The molecule has 0 heterocycles. The fraction of sp³-hybridized carbons (Fsp3) is 0.206. The highest BCUT2D eigenvalue weighted by Crippen LogP contribution is 2.16. The van der Waals surface area contributed by atoms with Crippen LogP contribution in [0.2, 0.25) is 0 Å². The number of methoxy groups -OCH3 is 1. The monoisotopic (exact) mass is 566 g/mol. The van der Waals surface area contributed by atoms with Gasteiger partial charge in [0.05, 0.1) is 7.11 Å². The van der Waals surface area contributed by atoms with Crippen LogP contribution in [0.25, 0.3) is 0 Å². The van der Waals surface area contributed by atoms with E-state index in [1.807, 2.05) is 115 Å². The molecule has 4 rings (SSSR count). The van der Waals surface area contributed by atoms with E-state index in [1.165, 1.54) is 7.11 Å². The lowest BCUT2D eigenvalue weighted by Gasteiger charge is -2.22. The molecular weight excluding hydrogens is 532 g/mol. The van der Waals surface area contributed by atoms with Gasteiger partial charge in [-0.05, 0) is 34.4 Å². The van der Waals surface area contributed by atoms with Crippen LogP contribution in [0, 0.1) is 0 Å². The normalized spacial score (nSPS) is 11.9. The average Bonchev–Trinajstić information content (AvgIpc) is 3.04. The zero-order valence-corrected chi connectivity index (χ0v) is 23.4. The van der Waals surface area contributed by atoms with Crippen molar-refractivity contribution < 1.29 is 28.6 Å². The summed E-state index contributed by atoms with van der Waals surface area (Å²) in [7, 11) is 1.27. The molecule has 2 amide bonds. The molecule has 8 heteroatoms. The summed E-state index contributed by atoms with van der Waals surface area (Å²) >= 11 is 0. The molecule has 0 bridgehead atoms. The summed E-state index contributed by atoms with van der Waals surface area (Å²) in [6, 6.07) is 33.7. The molecule has 0 aliphatic rings. The van der Waals surface area contributed by atoms with Crippen molar-refractivity contribution in [2.45, 2.75) is 38.1 Å². The van der Waals surface area contributed by atoms with Gasteiger partial charge in [0.15, 0.2) is 0 Å². The molecule has 8 nitrogen and oxygen atoms in total. The Kier molecular flexibility index (Phi) is 11.1. The van der Waals surface area contributed by atoms with E-state index in [4.69, 9.17) is 14.2 Å². The lowest BCUT2D eigenvalue weighted by atomic mass is 10.0. The van der Waals surface area contributed by atoms with Gasteiger partial charge in [-0.1, -0.05) is 103 Å². The largest absolute Gasteiger partial charge is 0.489 e. The number of rotatable bonds is 13. The third-order valence-corrected chi connectivity index (χ3v) is 6.52. The number of esters is 1. The van der Waals surface area contributed by atoms with E-state index < -0.39 is 30.1 Å². The van der Waals surface area contributed by atoms with Crippen LogP contribution in [0.1, 0.15) is 22.3 Å². The smallest absolute Gasteiger partial charge is 0.408 e. The summed E-state index contributed by atoms with van der Waals surface area (Å²) in [6.07, 6.45) is -0.359. The second kappa shape index (κ2) is 15.6. The average molecular weight is 567 g/mol. The Balaban J connectivity index is 1.44. The summed E-state index contributed by atoms with van der Waals surface area (Å²) in [5, 5.41) is 5.42. The number of benzene rings is 4. The standard InChI is InChI=1S/C34H34N2O6/c1-40-33(38)31(22-25-11-5-2-6-12-25)35-32(37)30(36-34(39)42-24-28-15-9-4-10-16-28)21-26-17-19-29(20-18-26)41-23-27-13-7-3-8-14-27/h2-20,30-31H,21-24H2,1H3,(H,35,37)(H,36,39). The van der Waals surface area contributed by atoms with Crippen molar-refractivity contribution in [1.82, 2.24) is 10.6 Å². The molecular formula is C34H34N2O6. The zero-order chi connectivity index (χ0) is 29.6. The van der Waals surface area contributed by atoms with E-state index in [2.05, 4.69) is 10.6 Å². The number of amides is 2. The van der Waals surface area contributed by atoms with E-state index in [0.717, 1.165) is 22.3 Å². The topological polar surface area (TPSA) is 103 Å². The maximum atomic E-state index is 13.5. The van der Waals surface area contributed by atoms with Crippen molar-refractivity contribution in [2.24, 2.45) is 0 Å². The van der Waals surface area contributed by atoms with Gasteiger partial charge in [0.25, 0.3) is 0 Å². The summed E-state index contributed by atoms with van der Waals surface area (Å²) < 4.78 is 16.2. The molecule has 216 valence electrons. The first-order chi connectivity index (χ1) is 20.5. The van der Waals surface area contributed by atoms with Crippen molar-refractivity contribution in [3.05, 3.63) is 138 Å². The third-order valence-electron chi connectivity index (χ3n) is 6.52. The van der Waals surface area contributed by atoms with Gasteiger partial charge in [-0.2, -0.15) is 0 Å². The SMILES string of the molecule is COC(=O)C(Cc1ccccc1)NC(=O)C(Cc1ccc(OCc2ccccc2)cc1)NC(=O)OCc1ccccc1. The Hall–Kier alpha value is -5.11. The molecule has 0 saturated carbocycles. The molecule has 0 spiro atoms. The molecule has 2 unspecified atom stereocenters. The minimum absolute atomic E-state index is 0.0489. The molecule has 0 saturated heterocycles. The molecule has 0 aliphatic carbocycles. The van der Waals surface area contributed by atoms with Gasteiger partial charge in [-0.25, -0.2) is 9.59 Å². The van der Waals surface area contributed by atoms with Crippen LogP contribution in [0.3, 0.4) is 0 Å². The van der Waals surface area contributed by atoms with Gasteiger partial charge in [0.2, 0.25) is 5.91 Å². The van der Waals surface area contributed by atoms with E-state index in [-0.39, 0.29) is 19.4 Å². The first-order valence-electron chi connectivity index (χ1n) is 13.6. The summed E-state index contributed by atoms with van der Waals surface area (Å²) in [5.41, 5.74) is 3.50. The van der Waals surface area contributed by atoms with Crippen molar-refractivity contribution in [2.75, 3.05) is 7.11 Å². The maximum absolute atomic E-state index is 13.5. The lowest BCUT2D eigenvalue weighted by Crippen LogP contribution is -2.53. The van der Waals surface area contributed by atoms with Crippen LogP contribution >= 0.6 is 0 Å². The molecule has 42 heavy (non-hydrogen) atoms. The minimum Gasteiger partial charge on any atom is -0.489 e. The summed E-state index contributed by atoms with van der Waals surface area (Å²) in [5.74, 6) is -0.452. The Morgan fingerprint density at radius 1 is 0.595 bits per heavy atom. The molecule has 4 aromatic rings. The number of ether oxygens (including phenoxy) is 3. The lowest BCUT2D eigenvalue weighted by molar-refractivity contribution is -0.145. The van der Waals surface area contributed by atoms with Gasteiger partial charge < -0.3 is 24.8 Å². The van der Waals surface area contributed by atoms with Gasteiger partial charge in [0.1, 0.15) is 31.0 Å². The van der Waals surface area contributed by atoms with Gasteiger partial charge in [-0.15, -0.1) is 0 Å². The van der Waals surface area contributed by atoms with Crippen molar-refractivity contribution in [3.8, 4) is 5.75 Å². The van der Waals surface area contributed by atoms with Gasteiger partial charge in [-0.3, -0.25) is 4.79 Å². The Labute approximate surface area is 245 Å². The Bertz CT molecular complexity index is 1410. The van der Waals surface area contributed by atoms with Crippen LogP contribution in [-0.4, -0.2) is 37.2 Å². The molecule has 0 fully saturated rings. The van der Waals surface area contributed by atoms with Crippen molar-refractivity contribution >= 4 is 18.0 Å². The maximum Gasteiger partial charge on any atom is 0.408 e. The van der Waals surface area contributed by atoms with Crippen LogP contribution in [0.5, 0.6) is 5.75 Å². The highest BCUT2D eigenvalue weighted by Gasteiger charge is 2.28. The number of nitrogens with one attached hydrogen (secondary N) is 2. The first kappa shape index (κ1) is 29.9. The van der Waals surface area contributed by atoms with E-state index in [9.17, 15) is 14.4 Å². The molecule has 0 aliphatic heterocycles. The Morgan fingerprint density at radius 3 is 1.67 bits per heavy atom. The van der Waals surface area contributed by atoms with Crippen LogP contribution in [0.15, 0.2) is 115 Å². The summed E-state index contributed by atoms with van der Waals surface area (Å²) in [6.45, 7) is 0.476. The number of hydrogen-bond donors (Lipinski definition) is 2. The molecule has 0 aromatic heterocycles. The fourth-order valence-electron chi connectivity index (χ4n) is 4.27. The molecule has 2 N–H and O–H groups in total. The fourth-order valence-corrected chi connectivity index (χ4v) is 4.27. The third kappa shape index (κ3) is 9.52. The zero-order valence-electron chi connectivity index (χ0n) is 23.4. The first-order valence-corrected chi connectivity index (χ1v) is 13.6.